The first-order chi connectivity index (χ1) is 13.5. The molecule has 3 aromatic carbocycles. The summed E-state index contributed by atoms with van der Waals surface area (Å²) in [7, 11) is 0. The second-order valence-electron chi connectivity index (χ2n) is 8.27. The zero-order chi connectivity index (χ0) is 19.6. The molecule has 3 aromatic rings. The Kier molecular flexibility index (Phi) is 4.87. The van der Waals surface area contributed by atoms with Crippen LogP contribution in [0.3, 0.4) is 0 Å². The van der Waals surface area contributed by atoms with Gasteiger partial charge in [0, 0.05) is 5.56 Å². The highest BCUT2D eigenvalue weighted by molar-refractivity contribution is 5.91. The van der Waals surface area contributed by atoms with Gasteiger partial charge in [0.2, 0.25) is 0 Å². The largest absolute Gasteiger partial charge is 0.278 e. The number of hydrogen-bond donors (Lipinski definition) is 1. The fourth-order valence-electron chi connectivity index (χ4n) is 3.78. The van der Waals surface area contributed by atoms with Gasteiger partial charge in [-0.1, -0.05) is 87.5 Å². The molecule has 0 bridgehead atoms. The molecule has 1 N–H and O–H groups in total. The van der Waals surface area contributed by atoms with Crippen molar-refractivity contribution in [2.75, 3.05) is 5.43 Å². The molecule has 1 aliphatic rings. The average molecular weight is 367 g/mol. The number of hydrazone groups is 1. The first-order valence-corrected chi connectivity index (χ1v) is 9.80. The van der Waals surface area contributed by atoms with Crippen LogP contribution in [0.5, 0.6) is 0 Å². The van der Waals surface area contributed by atoms with Crippen molar-refractivity contribution in [3.05, 3.63) is 95.6 Å². The summed E-state index contributed by atoms with van der Waals surface area (Å²) >= 11 is 0. The third-order valence-corrected chi connectivity index (χ3v) is 5.17. The maximum absolute atomic E-state index is 4.52. The minimum atomic E-state index is 0.135. The first kappa shape index (κ1) is 18.2. The molecule has 0 atom stereocenters. The van der Waals surface area contributed by atoms with E-state index >= 15 is 0 Å². The van der Waals surface area contributed by atoms with Gasteiger partial charge in [0.15, 0.2) is 0 Å². The Balaban J connectivity index is 1.60. The van der Waals surface area contributed by atoms with Crippen molar-refractivity contribution in [3.8, 4) is 0 Å². The standard InChI is InChI=1S/C26H26N2/c1-26(2,3)25-14-8-13-24(25)23-12-7-6-11-21(23)18-27-28-22-16-15-19-9-4-5-10-20(19)17-22/h4-12,14-18,28H,13H2,1-3H3/b27-18+. The predicted octanol–water partition coefficient (Wildman–Crippen LogP) is 7.05. The summed E-state index contributed by atoms with van der Waals surface area (Å²) in [6, 6.07) is 23.2. The highest BCUT2D eigenvalue weighted by atomic mass is 15.3. The van der Waals surface area contributed by atoms with Gasteiger partial charge < -0.3 is 0 Å². The zero-order valence-corrected chi connectivity index (χ0v) is 16.7. The monoisotopic (exact) mass is 366 g/mol. The van der Waals surface area contributed by atoms with Crippen LogP contribution in [0.1, 0.15) is 38.3 Å². The average Bonchev–Trinajstić information content (AvgIpc) is 3.18. The zero-order valence-electron chi connectivity index (χ0n) is 16.7. The minimum Gasteiger partial charge on any atom is -0.278 e. The number of fused-ring (bicyclic) bond motifs is 1. The predicted molar refractivity (Wildman–Crippen MR) is 122 cm³/mol. The lowest BCUT2D eigenvalue weighted by Crippen LogP contribution is -2.09. The van der Waals surface area contributed by atoms with E-state index in [1.807, 2.05) is 6.21 Å². The Morgan fingerprint density at radius 3 is 2.46 bits per heavy atom. The number of benzene rings is 3. The molecule has 2 heteroatoms. The van der Waals surface area contributed by atoms with Gasteiger partial charge in [-0.25, -0.2) is 0 Å². The van der Waals surface area contributed by atoms with Crippen LogP contribution >= 0.6 is 0 Å². The first-order valence-electron chi connectivity index (χ1n) is 9.80. The Morgan fingerprint density at radius 1 is 0.893 bits per heavy atom. The molecule has 0 amide bonds. The Bertz CT molecular complexity index is 1090. The molecule has 0 aliphatic heterocycles. The van der Waals surface area contributed by atoms with Gasteiger partial charge in [-0.05, 0) is 51.5 Å². The van der Waals surface area contributed by atoms with Crippen LogP contribution in [0.2, 0.25) is 0 Å². The summed E-state index contributed by atoms with van der Waals surface area (Å²) in [5, 5.41) is 6.96. The number of nitrogens with one attached hydrogen (secondary N) is 1. The third kappa shape index (κ3) is 3.77. The quantitative estimate of drug-likeness (QED) is 0.388. The van der Waals surface area contributed by atoms with Gasteiger partial charge >= 0.3 is 0 Å². The van der Waals surface area contributed by atoms with Crippen LogP contribution < -0.4 is 5.43 Å². The van der Waals surface area contributed by atoms with Crippen molar-refractivity contribution in [2.45, 2.75) is 27.2 Å². The van der Waals surface area contributed by atoms with Crippen LogP contribution in [0.4, 0.5) is 5.69 Å². The minimum absolute atomic E-state index is 0.135. The molecule has 0 spiro atoms. The molecule has 0 saturated carbocycles. The lowest BCUT2D eigenvalue weighted by molar-refractivity contribution is 0.520. The fraction of sp³-hybridized carbons (Fsp3) is 0.192. The molecule has 0 unspecified atom stereocenters. The molecule has 0 saturated heterocycles. The molecule has 1 aliphatic carbocycles. The topological polar surface area (TPSA) is 24.4 Å². The number of rotatable bonds is 4. The number of allylic oxidation sites excluding steroid dienone is 4. The van der Waals surface area contributed by atoms with Gasteiger partial charge in [-0.3, -0.25) is 5.43 Å². The molecule has 4 rings (SSSR count). The summed E-state index contributed by atoms with van der Waals surface area (Å²) < 4.78 is 0. The highest BCUT2D eigenvalue weighted by Gasteiger charge is 2.23. The maximum atomic E-state index is 4.52. The Labute approximate surface area is 167 Å². The third-order valence-electron chi connectivity index (χ3n) is 5.17. The summed E-state index contributed by atoms with van der Waals surface area (Å²) in [5.74, 6) is 0. The van der Waals surface area contributed by atoms with Gasteiger partial charge in [0.05, 0.1) is 11.9 Å². The van der Waals surface area contributed by atoms with Crippen molar-refractivity contribution in [2.24, 2.45) is 10.5 Å². The Morgan fingerprint density at radius 2 is 1.64 bits per heavy atom. The molecule has 0 fully saturated rings. The van der Waals surface area contributed by atoms with Crippen molar-refractivity contribution in [1.82, 2.24) is 0 Å². The lowest BCUT2D eigenvalue weighted by atomic mass is 9.82. The van der Waals surface area contributed by atoms with E-state index in [2.05, 4.69) is 110 Å². The van der Waals surface area contributed by atoms with E-state index < -0.39 is 0 Å². The molecule has 28 heavy (non-hydrogen) atoms. The lowest BCUT2D eigenvalue weighted by Gasteiger charge is -2.22. The second kappa shape index (κ2) is 7.47. The molecule has 0 radical (unpaired) electrons. The summed E-state index contributed by atoms with van der Waals surface area (Å²) in [6.07, 6.45) is 7.44. The van der Waals surface area contributed by atoms with Crippen molar-refractivity contribution >= 4 is 28.2 Å². The van der Waals surface area contributed by atoms with Crippen LogP contribution in [-0.2, 0) is 0 Å². The second-order valence-corrected chi connectivity index (χ2v) is 8.27. The summed E-state index contributed by atoms with van der Waals surface area (Å²) in [6.45, 7) is 6.82. The van der Waals surface area contributed by atoms with Crippen molar-refractivity contribution in [3.63, 3.8) is 0 Å². The van der Waals surface area contributed by atoms with Gasteiger partial charge in [-0.15, -0.1) is 0 Å². The maximum Gasteiger partial charge on any atom is 0.0568 e. The van der Waals surface area contributed by atoms with Crippen LogP contribution in [0.25, 0.3) is 16.3 Å². The highest BCUT2D eigenvalue weighted by Crippen LogP contribution is 2.39. The van der Waals surface area contributed by atoms with E-state index in [-0.39, 0.29) is 5.41 Å². The van der Waals surface area contributed by atoms with E-state index in [0.717, 1.165) is 17.7 Å². The molecular weight excluding hydrogens is 340 g/mol. The molecule has 140 valence electrons. The van der Waals surface area contributed by atoms with E-state index in [1.165, 1.54) is 27.5 Å². The number of nitrogens with zero attached hydrogens (tertiary/aromatic N) is 1. The number of hydrogen-bond acceptors (Lipinski definition) is 2. The fourth-order valence-corrected chi connectivity index (χ4v) is 3.78. The van der Waals surface area contributed by atoms with Crippen molar-refractivity contribution in [1.29, 1.82) is 0 Å². The van der Waals surface area contributed by atoms with Crippen molar-refractivity contribution < 1.29 is 0 Å². The van der Waals surface area contributed by atoms with E-state index in [9.17, 15) is 0 Å². The summed E-state index contributed by atoms with van der Waals surface area (Å²) in [5.41, 5.74) is 9.52. The number of anilines is 1. The molecule has 0 heterocycles. The van der Waals surface area contributed by atoms with Crippen LogP contribution in [0, 0.1) is 5.41 Å². The van der Waals surface area contributed by atoms with Gasteiger partial charge in [0.1, 0.15) is 0 Å². The molecule has 0 aromatic heterocycles. The van der Waals surface area contributed by atoms with Crippen LogP contribution in [0.15, 0.2) is 89.6 Å². The Hall–Kier alpha value is -3.13. The molecule has 2 nitrogen and oxygen atoms in total. The normalized spacial score (nSPS) is 14.4. The summed E-state index contributed by atoms with van der Waals surface area (Å²) in [4.78, 5) is 0. The van der Waals surface area contributed by atoms with E-state index in [1.54, 1.807) is 0 Å². The SMILES string of the molecule is CC(C)(C)C1=C(c2ccccc2/C=N/Nc2ccc3ccccc3c2)CC=C1. The van der Waals surface area contributed by atoms with E-state index in [4.69, 9.17) is 0 Å². The van der Waals surface area contributed by atoms with Gasteiger partial charge in [-0.2, -0.15) is 5.10 Å². The molecular formula is C26H26N2. The van der Waals surface area contributed by atoms with Crippen LogP contribution in [-0.4, -0.2) is 6.21 Å². The van der Waals surface area contributed by atoms with E-state index in [0.29, 0.717) is 0 Å². The smallest absolute Gasteiger partial charge is 0.0568 e. The van der Waals surface area contributed by atoms with Gasteiger partial charge in [0.25, 0.3) is 0 Å².